The predicted molar refractivity (Wildman–Crippen MR) is 92.5 cm³/mol. The Hall–Kier alpha value is -3.40. The van der Waals surface area contributed by atoms with Crippen LogP contribution in [0.5, 0.6) is 23.0 Å². The summed E-state index contributed by atoms with van der Waals surface area (Å²) in [5, 5.41) is 9.00. The van der Waals surface area contributed by atoms with Gasteiger partial charge in [0.05, 0.1) is 26.9 Å². The lowest BCUT2D eigenvalue weighted by Gasteiger charge is -2.14. The van der Waals surface area contributed by atoms with Crippen molar-refractivity contribution < 1.29 is 28.5 Å². The van der Waals surface area contributed by atoms with E-state index in [0.29, 0.717) is 34.1 Å². The van der Waals surface area contributed by atoms with Gasteiger partial charge in [-0.3, -0.25) is 0 Å². The first-order valence-corrected chi connectivity index (χ1v) is 7.69. The summed E-state index contributed by atoms with van der Waals surface area (Å²) < 4.78 is 26.3. The van der Waals surface area contributed by atoms with Gasteiger partial charge in [-0.1, -0.05) is 12.1 Å². The van der Waals surface area contributed by atoms with Crippen LogP contribution < -0.4 is 18.9 Å². The maximum Gasteiger partial charge on any atom is 0.344 e. The highest BCUT2D eigenvalue weighted by Gasteiger charge is 2.14. The number of ether oxygens (including phenoxy) is 5. The van der Waals surface area contributed by atoms with Crippen LogP contribution >= 0.6 is 0 Å². The van der Waals surface area contributed by atoms with Crippen molar-refractivity contribution in [2.45, 2.75) is 6.61 Å². The normalized spacial score (nSPS) is 9.77. The molecule has 2 rings (SSSR count). The van der Waals surface area contributed by atoms with E-state index in [2.05, 4.69) is 0 Å². The summed E-state index contributed by atoms with van der Waals surface area (Å²) in [6, 6.07) is 12.0. The van der Waals surface area contributed by atoms with Gasteiger partial charge in [-0.15, -0.1) is 0 Å². The molecule has 0 spiro atoms. The molecule has 136 valence electrons. The maximum absolute atomic E-state index is 11.9. The zero-order valence-corrected chi connectivity index (χ0v) is 14.8. The van der Waals surface area contributed by atoms with E-state index in [1.807, 2.05) is 6.07 Å². The molecule has 0 bridgehead atoms. The van der Waals surface area contributed by atoms with Gasteiger partial charge in [0.15, 0.2) is 18.1 Å². The van der Waals surface area contributed by atoms with E-state index in [9.17, 15) is 4.79 Å². The second-order valence-corrected chi connectivity index (χ2v) is 5.09. The highest BCUT2D eigenvalue weighted by Crippen LogP contribution is 2.38. The molecule has 0 aliphatic heterocycles. The molecular weight excluding hydrogens is 338 g/mol. The Balaban J connectivity index is 1.98. The van der Waals surface area contributed by atoms with Crippen LogP contribution in [0.25, 0.3) is 0 Å². The summed E-state index contributed by atoms with van der Waals surface area (Å²) in [5.41, 5.74) is 1.02. The molecule has 0 aliphatic carbocycles. The van der Waals surface area contributed by atoms with Gasteiger partial charge in [0.2, 0.25) is 5.75 Å². The van der Waals surface area contributed by atoms with E-state index in [4.69, 9.17) is 28.9 Å². The molecule has 26 heavy (non-hydrogen) atoms. The number of benzene rings is 2. The van der Waals surface area contributed by atoms with Crippen molar-refractivity contribution in [3.8, 4) is 29.1 Å². The predicted octanol–water partition coefficient (Wildman–Crippen LogP) is 2.71. The lowest BCUT2D eigenvalue weighted by Crippen LogP contribution is -2.15. The summed E-state index contributed by atoms with van der Waals surface area (Å²) >= 11 is 0. The fraction of sp³-hybridized carbons (Fsp3) is 0.263. The maximum atomic E-state index is 11.9. The van der Waals surface area contributed by atoms with Crippen LogP contribution in [-0.4, -0.2) is 33.9 Å². The molecule has 0 saturated heterocycles. The minimum absolute atomic E-state index is 0.0127. The third-order valence-corrected chi connectivity index (χ3v) is 3.48. The van der Waals surface area contributed by atoms with Crippen molar-refractivity contribution in [1.29, 1.82) is 5.26 Å². The van der Waals surface area contributed by atoms with E-state index in [0.717, 1.165) is 0 Å². The van der Waals surface area contributed by atoms with Gasteiger partial charge in [0, 0.05) is 0 Å². The van der Waals surface area contributed by atoms with Crippen molar-refractivity contribution in [2.75, 3.05) is 27.9 Å². The van der Waals surface area contributed by atoms with Gasteiger partial charge in [0.25, 0.3) is 0 Å². The zero-order chi connectivity index (χ0) is 18.9. The van der Waals surface area contributed by atoms with Gasteiger partial charge in [0.1, 0.15) is 18.4 Å². The number of para-hydroxylation sites is 1. The Morgan fingerprint density at radius 2 is 1.65 bits per heavy atom. The van der Waals surface area contributed by atoms with E-state index in [1.165, 1.54) is 21.3 Å². The van der Waals surface area contributed by atoms with Crippen LogP contribution in [0.3, 0.4) is 0 Å². The first kappa shape index (κ1) is 18.9. The van der Waals surface area contributed by atoms with Crippen LogP contribution in [0.1, 0.15) is 11.1 Å². The van der Waals surface area contributed by atoms with Crippen molar-refractivity contribution in [1.82, 2.24) is 0 Å². The Bertz CT molecular complexity index is 787. The van der Waals surface area contributed by atoms with Crippen LogP contribution in [0, 0.1) is 11.3 Å². The van der Waals surface area contributed by atoms with Crippen molar-refractivity contribution in [2.24, 2.45) is 0 Å². The molecule has 2 aromatic carbocycles. The lowest BCUT2D eigenvalue weighted by molar-refractivity contribution is -0.147. The number of methoxy groups -OCH3 is 3. The lowest BCUT2D eigenvalue weighted by atomic mass is 10.2. The summed E-state index contributed by atoms with van der Waals surface area (Å²) in [7, 11) is 4.53. The Morgan fingerprint density at radius 1 is 1.00 bits per heavy atom. The molecule has 0 aromatic heterocycles. The van der Waals surface area contributed by atoms with E-state index >= 15 is 0 Å². The largest absolute Gasteiger partial charge is 0.493 e. The average Bonchev–Trinajstić information content (AvgIpc) is 2.69. The van der Waals surface area contributed by atoms with Crippen molar-refractivity contribution in [3.05, 3.63) is 47.5 Å². The SMILES string of the molecule is COc1cc(COC(=O)COc2ccccc2C#N)cc(OC)c1OC. The highest BCUT2D eigenvalue weighted by molar-refractivity contribution is 5.71. The molecule has 0 radical (unpaired) electrons. The van der Waals surface area contributed by atoms with Crippen LogP contribution in [0.2, 0.25) is 0 Å². The molecule has 0 unspecified atom stereocenters. The molecule has 0 atom stereocenters. The average molecular weight is 357 g/mol. The molecule has 0 fully saturated rings. The monoisotopic (exact) mass is 357 g/mol. The molecule has 7 heteroatoms. The van der Waals surface area contributed by atoms with E-state index in [-0.39, 0.29) is 13.2 Å². The Labute approximate surface area is 151 Å². The summed E-state index contributed by atoms with van der Waals surface area (Å²) in [4.78, 5) is 11.9. The minimum atomic E-state index is -0.563. The van der Waals surface area contributed by atoms with E-state index in [1.54, 1.807) is 36.4 Å². The molecule has 0 heterocycles. The van der Waals surface area contributed by atoms with Crippen LogP contribution in [0.4, 0.5) is 0 Å². The molecular formula is C19H19NO6. The second-order valence-electron chi connectivity index (χ2n) is 5.09. The first-order valence-electron chi connectivity index (χ1n) is 7.69. The zero-order valence-electron chi connectivity index (χ0n) is 14.8. The fourth-order valence-corrected chi connectivity index (χ4v) is 2.25. The Kier molecular flexibility index (Phi) is 6.68. The number of nitriles is 1. The molecule has 0 N–H and O–H groups in total. The number of hydrogen-bond donors (Lipinski definition) is 0. The van der Waals surface area contributed by atoms with Gasteiger partial charge < -0.3 is 23.7 Å². The smallest absolute Gasteiger partial charge is 0.344 e. The van der Waals surface area contributed by atoms with E-state index < -0.39 is 5.97 Å². The van der Waals surface area contributed by atoms with Gasteiger partial charge >= 0.3 is 5.97 Å². The number of hydrogen-bond acceptors (Lipinski definition) is 7. The molecule has 0 amide bonds. The molecule has 7 nitrogen and oxygen atoms in total. The van der Waals surface area contributed by atoms with Gasteiger partial charge in [-0.25, -0.2) is 4.79 Å². The Morgan fingerprint density at radius 3 is 2.23 bits per heavy atom. The first-order chi connectivity index (χ1) is 12.6. The van der Waals surface area contributed by atoms with Crippen LogP contribution in [-0.2, 0) is 16.1 Å². The quantitative estimate of drug-likeness (QED) is 0.671. The number of carbonyl (C=O) groups excluding carboxylic acids is 1. The van der Waals surface area contributed by atoms with Crippen LogP contribution in [0.15, 0.2) is 36.4 Å². The third-order valence-electron chi connectivity index (χ3n) is 3.48. The topological polar surface area (TPSA) is 87.0 Å². The van der Waals surface area contributed by atoms with Crippen molar-refractivity contribution >= 4 is 5.97 Å². The fourth-order valence-electron chi connectivity index (χ4n) is 2.25. The molecule has 0 aliphatic rings. The summed E-state index contributed by atoms with van der Waals surface area (Å²) in [6.45, 7) is -0.290. The number of carbonyl (C=O) groups is 1. The number of rotatable bonds is 8. The standard InChI is InChI=1S/C19H19NO6/c1-22-16-8-13(9-17(23-2)19(16)24-3)11-26-18(21)12-25-15-7-5-4-6-14(15)10-20/h4-9H,11-12H2,1-3H3. The van der Waals surface area contributed by atoms with Gasteiger partial charge in [-0.2, -0.15) is 5.26 Å². The summed E-state index contributed by atoms with van der Waals surface area (Å²) in [6.07, 6.45) is 0. The summed E-state index contributed by atoms with van der Waals surface area (Å²) in [5.74, 6) is 1.17. The number of esters is 1. The molecule has 0 saturated carbocycles. The van der Waals surface area contributed by atoms with Gasteiger partial charge in [-0.05, 0) is 29.8 Å². The second kappa shape index (κ2) is 9.18. The highest BCUT2D eigenvalue weighted by atomic mass is 16.6. The number of nitrogens with zero attached hydrogens (tertiary/aromatic N) is 1. The minimum Gasteiger partial charge on any atom is -0.493 e. The van der Waals surface area contributed by atoms with Crippen molar-refractivity contribution in [3.63, 3.8) is 0 Å². The molecule has 2 aromatic rings. The third kappa shape index (κ3) is 4.57.